The summed E-state index contributed by atoms with van der Waals surface area (Å²) in [6.07, 6.45) is 1.72. The zero-order valence-electron chi connectivity index (χ0n) is 9.18. The highest BCUT2D eigenvalue weighted by Crippen LogP contribution is 2.27. The molecule has 1 fully saturated rings. The molecule has 0 unspecified atom stereocenters. The zero-order valence-corrected chi connectivity index (χ0v) is 9.18. The van der Waals surface area contributed by atoms with Crippen LogP contribution in [0.4, 0.5) is 0 Å². The lowest BCUT2D eigenvalue weighted by molar-refractivity contribution is -0.150. The van der Waals surface area contributed by atoms with Gasteiger partial charge in [-0.15, -0.1) is 0 Å². The van der Waals surface area contributed by atoms with Gasteiger partial charge in [0.1, 0.15) is 6.29 Å². The lowest BCUT2D eigenvalue weighted by atomic mass is 9.92. The van der Waals surface area contributed by atoms with E-state index in [1.54, 1.807) is 20.8 Å². The van der Waals surface area contributed by atoms with Crippen LogP contribution in [-0.4, -0.2) is 25.5 Å². The van der Waals surface area contributed by atoms with E-state index in [1.165, 1.54) is 6.08 Å². The van der Waals surface area contributed by atoms with Gasteiger partial charge in [0.05, 0.1) is 5.76 Å². The Labute approximate surface area is 92.7 Å². The minimum absolute atomic E-state index is 0.259. The SMILES string of the molecule is CC(C)(C)/C(=C/C=O)OB1OC(=O)C(=O)O1. The topological polar surface area (TPSA) is 78.9 Å². The minimum atomic E-state index is -1.41. The van der Waals surface area contributed by atoms with Crippen LogP contribution >= 0.6 is 0 Å². The molecule has 0 N–H and O–H groups in total. The van der Waals surface area contributed by atoms with E-state index in [4.69, 9.17) is 4.65 Å². The molecule has 0 aromatic carbocycles. The van der Waals surface area contributed by atoms with Crippen molar-refractivity contribution in [1.29, 1.82) is 0 Å². The molecule has 1 heterocycles. The quantitative estimate of drug-likeness (QED) is 0.225. The van der Waals surface area contributed by atoms with E-state index in [2.05, 4.69) is 9.31 Å². The average molecular weight is 226 g/mol. The van der Waals surface area contributed by atoms with Crippen molar-refractivity contribution in [1.82, 2.24) is 0 Å². The van der Waals surface area contributed by atoms with Gasteiger partial charge in [0.15, 0.2) is 0 Å². The third-order valence-corrected chi connectivity index (χ3v) is 1.75. The van der Waals surface area contributed by atoms with Gasteiger partial charge in [0.25, 0.3) is 0 Å². The zero-order chi connectivity index (χ0) is 12.3. The smallest absolute Gasteiger partial charge is 0.493 e. The van der Waals surface area contributed by atoms with Crippen LogP contribution in [0.3, 0.4) is 0 Å². The Morgan fingerprint density at radius 3 is 2.12 bits per heavy atom. The maximum Gasteiger partial charge on any atom is 0.868 e. The summed E-state index contributed by atoms with van der Waals surface area (Å²) in [5.41, 5.74) is -0.470. The number of carbonyl (C=O) groups is 3. The summed E-state index contributed by atoms with van der Waals surface area (Å²) in [6, 6.07) is 0. The predicted octanol–water partition coefficient (Wildman–Crippen LogP) is 0.217. The van der Waals surface area contributed by atoms with Crippen molar-refractivity contribution in [3.05, 3.63) is 11.8 Å². The van der Waals surface area contributed by atoms with Crippen LogP contribution in [0.15, 0.2) is 11.8 Å². The molecule has 1 rings (SSSR count). The first-order valence-electron chi connectivity index (χ1n) is 4.59. The fourth-order valence-corrected chi connectivity index (χ4v) is 0.975. The highest BCUT2D eigenvalue weighted by atomic mass is 16.8. The van der Waals surface area contributed by atoms with Crippen LogP contribution in [0.25, 0.3) is 0 Å². The second kappa shape index (κ2) is 4.38. The van der Waals surface area contributed by atoms with Crippen molar-refractivity contribution < 1.29 is 28.3 Å². The van der Waals surface area contributed by atoms with Gasteiger partial charge >= 0.3 is 19.3 Å². The maximum absolute atomic E-state index is 10.7. The second-order valence-corrected chi connectivity index (χ2v) is 4.13. The van der Waals surface area contributed by atoms with Crippen molar-refractivity contribution in [3.63, 3.8) is 0 Å². The molecule has 1 aliphatic rings. The predicted molar refractivity (Wildman–Crippen MR) is 52.6 cm³/mol. The number of allylic oxidation sites excluding steroid dienone is 2. The molecule has 86 valence electrons. The molecule has 0 bridgehead atoms. The molecule has 0 aliphatic carbocycles. The molecule has 0 atom stereocenters. The summed E-state index contributed by atoms with van der Waals surface area (Å²) < 4.78 is 14.0. The monoisotopic (exact) mass is 226 g/mol. The van der Waals surface area contributed by atoms with Crippen molar-refractivity contribution in [3.8, 4) is 0 Å². The van der Waals surface area contributed by atoms with Crippen molar-refractivity contribution >= 4 is 25.5 Å². The van der Waals surface area contributed by atoms with Crippen LogP contribution < -0.4 is 0 Å². The van der Waals surface area contributed by atoms with E-state index < -0.39 is 24.7 Å². The van der Waals surface area contributed by atoms with Gasteiger partial charge in [0.2, 0.25) is 0 Å². The number of rotatable bonds is 3. The van der Waals surface area contributed by atoms with E-state index >= 15 is 0 Å². The van der Waals surface area contributed by atoms with Gasteiger partial charge in [-0.2, -0.15) is 0 Å². The Hall–Kier alpha value is -1.79. The fraction of sp³-hybridized carbons (Fsp3) is 0.444. The van der Waals surface area contributed by atoms with Crippen molar-refractivity contribution in [2.24, 2.45) is 5.41 Å². The van der Waals surface area contributed by atoms with Gasteiger partial charge in [-0.3, -0.25) is 4.79 Å². The molecule has 0 saturated carbocycles. The highest BCUT2D eigenvalue weighted by molar-refractivity contribution is 6.55. The van der Waals surface area contributed by atoms with Crippen LogP contribution in [0, 0.1) is 5.41 Å². The molecule has 0 spiro atoms. The van der Waals surface area contributed by atoms with Crippen LogP contribution in [0.1, 0.15) is 20.8 Å². The third-order valence-electron chi connectivity index (χ3n) is 1.75. The number of hydrogen-bond acceptors (Lipinski definition) is 6. The first kappa shape index (κ1) is 12.3. The van der Waals surface area contributed by atoms with E-state index in [-0.39, 0.29) is 5.76 Å². The second-order valence-electron chi connectivity index (χ2n) is 4.13. The van der Waals surface area contributed by atoms with Crippen molar-refractivity contribution in [2.75, 3.05) is 0 Å². The van der Waals surface area contributed by atoms with E-state index in [1.807, 2.05) is 0 Å². The standard InChI is InChI=1S/C9H11BO6/c1-9(2,3)6(4-5-11)14-10-15-7(12)8(13)16-10/h4-5H,1-3H3/b6-4-. The molecule has 0 amide bonds. The Morgan fingerprint density at radius 2 is 1.75 bits per heavy atom. The molecule has 16 heavy (non-hydrogen) atoms. The first-order chi connectivity index (χ1) is 7.34. The van der Waals surface area contributed by atoms with Crippen LogP contribution in [-0.2, 0) is 28.3 Å². The summed E-state index contributed by atoms with van der Waals surface area (Å²) in [6.45, 7) is 5.38. The Morgan fingerprint density at radius 1 is 1.25 bits per heavy atom. The largest absolute Gasteiger partial charge is 0.868 e. The Bertz CT molecular complexity index is 338. The normalized spacial score (nSPS) is 16.9. The fourth-order valence-electron chi connectivity index (χ4n) is 0.975. The van der Waals surface area contributed by atoms with E-state index in [0.717, 1.165) is 0 Å². The number of aldehydes is 1. The van der Waals surface area contributed by atoms with Gasteiger partial charge < -0.3 is 14.0 Å². The molecule has 1 aliphatic heterocycles. The summed E-state index contributed by atoms with van der Waals surface area (Å²) in [4.78, 5) is 31.8. The summed E-state index contributed by atoms with van der Waals surface area (Å²) in [5, 5.41) is 0. The van der Waals surface area contributed by atoms with Gasteiger partial charge in [0, 0.05) is 11.5 Å². The molecule has 0 radical (unpaired) electrons. The molecular formula is C9H11BO6. The number of carbonyl (C=O) groups excluding carboxylic acids is 3. The van der Waals surface area contributed by atoms with Gasteiger partial charge in [-0.05, 0) is 0 Å². The first-order valence-corrected chi connectivity index (χ1v) is 4.59. The summed E-state index contributed by atoms with van der Waals surface area (Å²) in [7, 11) is -1.41. The lowest BCUT2D eigenvalue weighted by Gasteiger charge is -2.22. The maximum atomic E-state index is 10.7. The number of hydrogen-bond donors (Lipinski definition) is 0. The summed E-state index contributed by atoms with van der Waals surface area (Å²) >= 11 is 0. The average Bonchev–Trinajstić information content (AvgIpc) is 2.44. The van der Waals surface area contributed by atoms with Gasteiger partial charge in [-0.1, -0.05) is 20.8 Å². The van der Waals surface area contributed by atoms with Crippen molar-refractivity contribution in [2.45, 2.75) is 20.8 Å². The molecule has 0 aromatic heterocycles. The van der Waals surface area contributed by atoms with E-state index in [9.17, 15) is 14.4 Å². The summed E-state index contributed by atoms with van der Waals surface area (Å²) in [5.74, 6) is -1.95. The van der Waals surface area contributed by atoms with E-state index in [0.29, 0.717) is 6.29 Å². The molecule has 0 aromatic rings. The molecule has 7 heteroatoms. The Kier molecular flexibility index (Phi) is 3.36. The van der Waals surface area contributed by atoms with Crippen LogP contribution in [0.5, 0.6) is 0 Å². The third kappa shape index (κ3) is 2.85. The highest BCUT2D eigenvalue weighted by Gasteiger charge is 2.47. The molecule has 1 saturated heterocycles. The minimum Gasteiger partial charge on any atom is -0.493 e. The molecular weight excluding hydrogens is 215 g/mol. The Balaban J connectivity index is 2.72. The molecule has 6 nitrogen and oxygen atoms in total. The van der Waals surface area contributed by atoms with Crippen LogP contribution in [0.2, 0.25) is 0 Å². The lowest BCUT2D eigenvalue weighted by Crippen LogP contribution is -2.25. The van der Waals surface area contributed by atoms with Gasteiger partial charge in [-0.25, -0.2) is 9.59 Å².